The van der Waals surface area contributed by atoms with Gasteiger partial charge in [0.2, 0.25) is 0 Å². The molecular formula is C13H25NO2. The zero-order valence-electron chi connectivity index (χ0n) is 11.1. The maximum atomic E-state index is 11.5. The van der Waals surface area contributed by atoms with Gasteiger partial charge in [-0.05, 0) is 31.7 Å². The van der Waals surface area contributed by atoms with Gasteiger partial charge in [-0.3, -0.25) is 4.79 Å². The number of ether oxygens (including phenoxy) is 1. The highest BCUT2D eigenvalue weighted by Crippen LogP contribution is 2.28. The average Bonchev–Trinajstić information content (AvgIpc) is 2.16. The van der Waals surface area contributed by atoms with E-state index < -0.39 is 0 Å². The lowest BCUT2D eigenvalue weighted by Crippen LogP contribution is -2.43. The zero-order valence-corrected chi connectivity index (χ0v) is 11.1. The van der Waals surface area contributed by atoms with Crippen LogP contribution in [-0.4, -0.2) is 37.1 Å². The van der Waals surface area contributed by atoms with Crippen LogP contribution in [0.2, 0.25) is 0 Å². The number of carbonyl (C=O) groups excluding carboxylic acids is 1. The summed E-state index contributed by atoms with van der Waals surface area (Å²) in [6.07, 6.45) is 2.53. The molecule has 0 radical (unpaired) electrons. The van der Waals surface area contributed by atoms with Crippen LogP contribution in [0.4, 0.5) is 0 Å². The smallest absolute Gasteiger partial charge is 0.309 e. The Balaban J connectivity index is 2.39. The number of rotatable bonds is 4. The van der Waals surface area contributed by atoms with Crippen molar-refractivity contribution in [3.63, 3.8) is 0 Å². The molecule has 0 spiro atoms. The minimum Gasteiger partial charge on any atom is -0.466 e. The van der Waals surface area contributed by atoms with E-state index in [1.165, 1.54) is 12.8 Å². The summed E-state index contributed by atoms with van der Waals surface area (Å²) in [5.74, 6) is -0.0697. The van der Waals surface area contributed by atoms with Gasteiger partial charge in [0.1, 0.15) is 0 Å². The van der Waals surface area contributed by atoms with Gasteiger partial charge in [0.25, 0.3) is 0 Å². The molecule has 94 valence electrons. The quantitative estimate of drug-likeness (QED) is 0.690. The van der Waals surface area contributed by atoms with Crippen LogP contribution in [0.5, 0.6) is 0 Å². The third kappa shape index (κ3) is 4.12. The maximum Gasteiger partial charge on any atom is 0.309 e. The van der Waals surface area contributed by atoms with Gasteiger partial charge in [-0.1, -0.05) is 20.8 Å². The van der Waals surface area contributed by atoms with Crippen LogP contribution >= 0.6 is 0 Å². The van der Waals surface area contributed by atoms with Crippen LogP contribution in [0.25, 0.3) is 0 Å². The average molecular weight is 227 g/mol. The lowest BCUT2D eigenvalue weighted by molar-refractivity contribution is -0.148. The molecule has 16 heavy (non-hydrogen) atoms. The second-order valence-corrected chi connectivity index (χ2v) is 5.66. The van der Waals surface area contributed by atoms with Gasteiger partial charge in [-0.15, -0.1) is 0 Å². The first-order chi connectivity index (χ1) is 7.44. The third-order valence-corrected chi connectivity index (χ3v) is 3.20. The number of esters is 1. The first kappa shape index (κ1) is 13.5. The summed E-state index contributed by atoms with van der Waals surface area (Å²) in [6, 6.07) is 0. The molecule has 1 heterocycles. The molecule has 3 nitrogen and oxygen atoms in total. The topological polar surface area (TPSA) is 29.5 Å². The molecule has 0 N–H and O–H groups in total. The molecule has 0 aliphatic carbocycles. The van der Waals surface area contributed by atoms with E-state index in [0.29, 0.717) is 12.0 Å². The summed E-state index contributed by atoms with van der Waals surface area (Å²) in [5, 5.41) is 0. The molecule has 1 unspecified atom stereocenters. The molecule has 0 aromatic rings. The van der Waals surface area contributed by atoms with E-state index in [1.807, 2.05) is 13.8 Å². The monoisotopic (exact) mass is 227 g/mol. The summed E-state index contributed by atoms with van der Waals surface area (Å²) >= 11 is 0. The van der Waals surface area contributed by atoms with Crippen molar-refractivity contribution in [2.45, 2.75) is 40.5 Å². The zero-order chi connectivity index (χ0) is 12.2. The van der Waals surface area contributed by atoms with Crippen LogP contribution in [0.1, 0.15) is 40.5 Å². The number of hydrogen-bond donors (Lipinski definition) is 0. The van der Waals surface area contributed by atoms with Crippen LogP contribution in [0.15, 0.2) is 0 Å². The second kappa shape index (κ2) is 5.67. The molecule has 1 fully saturated rings. The van der Waals surface area contributed by atoms with E-state index >= 15 is 0 Å². The maximum absolute atomic E-state index is 11.5. The highest BCUT2D eigenvalue weighted by Gasteiger charge is 2.28. The Labute approximate surface area is 99.1 Å². The van der Waals surface area contributed by atoms with Crippen LogP contribution in [0.3, 0.4) is 0 Å². The van der Waals surface area contributed by atoms with E-state index in [4.69, 9.17) is 4.74 Å². The lowest BCUT2D eigenvalue weighted by Gasteiger charge is -2.38. The minimum absolute atomic E-state index is 0.00569. The van der Waals surface area contributed by atoms with Crippen molar-refractivity contribution >= 4 is 5.97 Å². The molecule has 3 heteroatoms. The highest BCUT2D eigenvalue weighted by molar-refractivity contribution is 5.72. The van der Waals surface area contributed by atoms with Gasteiger partial charge in [-0.25, -0.2) is 0 Å². The fourth-order valence-corrected chi connectivity index (χ4v) is 2.45. The number of hydrogen-bond acceptors (Lipinski definition) is 3. The van der Waals surface area contributed by atoms with Gasteiger partial charge in [-0.2, -0.15) is 0 Å². The molecule has 0 aromatic carbocycles. The molecule has 1 aliphatic rings. The van der Waals surface area contributed by atoms with Gasteiger partial charge in [0, 0.05) is 13.1 Å². The largest absolute Gasteiger partial charge is 0.466 e. The summed E-state index contributed by atoms with van der Waals surface area (Å²) in [4.78, 5) is 13.9. The summed E-state index contributed by atoms with van der Waals surface area (Å²) in [7, 11) is 0. The Morgan fingerprint density at radius 3 is 2.75 bits per heavy atom. The molecule has 0 amide bonds. The van der Waals surface area contributed by atoms with Crippen molar-refractivity contribution in [3.8, 4) is 0 Å². The Hall–Kier alpha value is -0.570. The summed E-state index contributed by atoms with van der Waals surface area (Å²) < 4.78 is 5.03. The molecule has 1 saturated heterocycles. The van der Waals surface area contributed by atoms with Gasteiger partial charge < -0.3 is 9.64 Å². The second-order valence-electron chi connectivity index (χ2n) is 5.66. The fourth-order valence-electron chi connectivity index (χ4n) is 2.45. The number of carbonyl (C=O) groups is 1. The molecule has 1 aliphatic heterocycles. The predicted octanol–water partition coefficient (Wildman–Crippen LogP) is 2.31. The van der Waals surface area contributed by atoms with Crippen molar-refractivity contribution in [3.05, 3.63) is 0 Å². The minimum atomic E-state index is -0.0640. The molecule has 0 bridgehead atoms. The number of nitrogens with zero attached hydrogens (tertiary/aromatic N) is 1. The van der Waals surface area contributed by atoms with E-state index in [9.17, 15) is 4.79 Å². The Kier molecular flexibility index (Phi) is 4.78. The first-order valence-electron chi connectivity index (χ1n) is 6.33. The lowest BCUT2D eigenvalue weighted by atomic mass is 9.84. The fraction of sp³-hybridized carbons (Fsp3) is 0.923. The molecular weight excluding hydrogens is 202 g/mol. The molecule has 0 saturated carbocycles. The number of piperidine rings is 1. The van der Waals surface area contributed by atoms with E-state index in [-0.39, 0.29) is 11.9 Å². The van der Waals surface area contributed by atoms with Crippen molar-refractivity contribution < 1.29 is 9.53 Å². The van der Waals surface area contributed by atoms with Crippen LogP contribution in [-0.2, 0) is 9.53 Å². The van der Waals surface area contributed by atoms with Gasteiger partial charge in [0.05, 0.1) is 12.5 Å². The van der Waals surface area contributed by atoms with Gasteiger partial charge in [0.15, 0.2) is 0 Å². The number of likely N-dealkylation sites (tertiary alicyclic amines) is 1. The highest BCUT2D eigenvalue weighted by atomic mass is 16.5. The Bertz CT molecular complexity index is 238. The van der Waals surface area contributed by atoms with Crippen molar-refractivity contribution in [2.24, 2.45) is 11.3 Å². The molecule has 1 rings (SSSR count). The van der Waals surface area contributed by atoms with Crippen LogP contribution in [0, 0.1) is 11.3 Å². The van der Waals surface area contributed by atoms with E-state index in [1.54, 1.807) is 0 Å². The van der Waals surface area contributed by atoms with E-state index in [0.717, 1.165) is 19.6 Å². The van der Waals surface area contributed by atoms with Crippen LogP contribution < -0.4 is 0 Å². The SMILES string of the molecule is CCOC(=O)C(C)CN1CCCC(C)(C)C1. The summed E-state index contributed by atoms with van der Waals surface area (Å²) in [5.41, 5.74) is 0.395. The molecule has 1 atom stereocenters. The summed E-state index contributed by atoms with van der Waals surface area (Å²) in [6.45, 7) is 11.9. The first-order valence-corrected chi connectivity index (χ1v) is 6.33. The normalized spacial score (nSPS) is 22.8. The Morgan fingerprint density at radius 2 is 2.19 bits per heavy atom. The standard InChI is InChI=1S/C13H25NO2/c1-5-16-12(15)11(2)9-14-8-6-7-13(3,4)10-14/h11H,5-10H2,1-4H3. The predicted molar refractivity (Wildman–Crippen MR) is 65.3 cm³/mol. The van der Waals surface area contributed by atoms with Crippen molar-refractivity contribution in [1.82, 2.24) is 4.90 Å². The third-order valence-electron chi connectivity index (χ3n) is 3.20. The van der Waals surface area contributed by atoms with E-state index in [2.05, 4.69) is 18.7 Å². The van der Waals surface area contributed by atoms with Crippen molar-refractivity contribution in [1.29, 1.82) is 0 Å². The molecule has 0 aromatic heterocycles. The Morgan fingerprint density at radius 1 is 1.50 bits per heavy atom. The van der Waals surface area contributed by atoms with Gasteiger partial charge >= 0.3 is 5.97 Å². The van der Waals surface area contributed by atoms with Crippen molar-refractivity contribution in [2.75, 3.05) is 26.2 Å².